The molecule has 0 bridgehead atoms. The van der Waals surface area contributed by atoms with Crippen LogP contribution in [0.15, 0.2) is 60.8 Å². The Hall–Kier alpha value is -4.55. The number of hydrogen-bond acceptors (Lipinski definition) is 8. The van der Waals surface area contributed by atoms with Gasteiger partial charge in [-0.2, -0.15) is 5.10 Å². The molecule has 2 aliphatic rings. The predicted molar refractivity (Wildman–Crippen MR) is 179 cm³/mol. The van der Waals surface area contributed by atoms with E-state index in [1.165, 1.54) is 0 Å². The molecule has 1 saturated carbocycles. The molecule has 1 aliphatic carbocycles. The lowest BCUT2D eigenvalue weighted by atomic mass is 10.1. The van der Waals surface area contributed by atoms with Crippen LogP contribution in [-0.2, 0) is 11.3 Å². The van der Waals surface area contributed by atoms with Crippen LogP contribution in [0.3, 0.4) is 0 Å². The van der Waals surface area contributed by atoms with E-state index < -0.39 is 6.09 Å². The van der Waals surface area contributed by atoms with E-state index in [2.05, 4.69) is 49.6 Å². The fraction of sp³-hybridized carbons (Fsp3) is 0.441. The highest BCUT2D eigenvalue weighted by molar-refractivity contribution is 6.01. The molecular weight excluding hydrogens is 582 g/mol. The minimum absolute atomic E-state index is 0.0958. The molecule has 12 heteroatoms. The normalized spacial score (nSPS) is 16.0. The van der Waals surface area contributed by atoms with Crippen LogP contribution in [-0.4, -0.2) is 106 Å². The van der Waals surface area contributed by atoms with Gasteiger partial charge in [0.2, 0.25) is 0 Å². The molecule has 4 aromatic rings. The van der Waals surface area contributed by atoms with Gasteiger partial charge in [0.15, 0.2) is 5.82 Å². The highest BCUT2D eigenvalue weighted by Crippen LogP contribution is 2.27. The van der Waals surface area contributed by atoms with Gasteiger partial charge < -0.3 is 19.9 Å². The number of ether oxygens (including phenoxy) is 1. The number of piperazine rings is 1. The minimum Gasteiger partial charge on any atom is -0.448 e. The number of hydrogen-bond donors (Lipinski definition) is 2. The fourth-order valence-electron chi connectivity index (χ4n) is 6.26. The molecule has 2 N–H and O–H groups in total. The number of likely N-dealkylation sites (N-methyl/N-ethyl adjacent to an activating group) is 1. The topological polar surface area (TPSA) is 121 Å². The van der Waals surface area contributed by atoms with Crippen LogP contribution in [0.4, 0.5) is 21.1 Å². The summed E-state index contributed by atoms with van der Waals surface area (Å²) in [6.07, 6.45) is 5.31. The molecule has 1 saturated heterocycles. The standard InChI is InChI=1S/C34H43N9O3/c1-25-36-32(27-14-15-35-31(24-27)38-34(45)46-23-22-41-18-16-40(2)17-19-41)39-43(25)21-20-42(28-10-4-5-11-28)33(44)37-30-13-7-9-26-8-3-6-12-29(26)30/h3,6-9,12-15,24,28H,4-5,10-11,16-23H2,1-2H3,(H,37,44)(H,35,38,45). The SMILES string of the molecule is Cc1nc(-c2ccnc(NC(=O)OCCN3CCN(C)CC3)c2)nn1CCN(C(=O)Nc1cccc2ccccc12)C1CCCC1. The van der Waals surface area contributed by atoms with Crippen LogP contribution in [0, 0.1) is 6.92 Å². The first kappa shape index (κ1) is 31.4. The summed E-state index contributed by atoms with van der Waals surface area (Å²) in [6, 6.07) is 17.7. The first-order valence-corrected chi connectivity index (χ1v) is 16.2. The van der Waals surface area contributed by atoms with Crippen LogP contribution in [0.5, 0.6) is 0 Å². The van der Waals surface area contributed by atoms with E-state index in [1.54, 1.807) is 12.3 Å². The lowest BCUT2D eigenvalue weighted by Crippen LogP contribution is -2.45. The zero-order valence-electron chi connectivity index (χ0n) is 26.7. The first-order valence-electron chi connectivity index (χ1n) is 16.2. The lowest BCUT2D eigenvalue weighted by Gasteiger charge is -2.31. The van der Waals surface area contributed by atoms with Crippen molar-refractivity contribution in [3.63, 3.8) is 0 Å². The Bertz CT molecular complexity index is 1640. The molecule has 242 valence electrons. The maximum Gasteiger partial charge on any atom is 0.412 e. The van der Waals surface area contributed by atoms with Crippen LogP contribution in [0.2, 0.25) is 0 Å². The van der Waals surface area contributed by atoms with E-state index in [9.17, 15) is 9.59 Å². The number of rotatable bonds is 10. The van der Waals surface area contributed by atoms with E-state index in [4.69, 9.17) is 9.84 Å². The second-order valence-corrected chi connectivity index (χ2v) is 12.1. The monoisotopic (exact) mass is 625 g/mol. The van der Waals surface area contributed by atoms with Gasteiger partial charge in [0.25, 0.3) is 0 Å². The molecule has 2 fully saturated rings. The Morgan fingerprint density at radius 2 is 1.76 bits per heavy atom. The summed E-state index contributed by atoms with van der Waals surface area (Å²) < 4.78 is 7.24. The van der Waals surface area contributed by atoms with Gasteiger partial charge >= 0.3 is 12.1 Å². The van der Waals surface area contributed by atoms with Gasteiger partial charge in [0.1, 0.15) is 18.2 Å². The van der Waals surface area contributed by atoms with Crippen molar-refractivity contribution >= 4 is 34.4 Å². The average Bonchev–Trinajstić information content (AvgIpc) is 3.73. The highest BCUT2D eigenvalue weighted by Gasteiger charge is 2.27. The number of carbonyl (C=O) groups excluding carboxylic acids is 2. The number of carbonyl (C=O) groups is 2. The van der Waals surface area contributed by atoms with Crippen molar-refractivity contribution in [3.8, 4) is 11.4 Å². The van der Waals surface area contributed by atoms with Gasteiger partial charge in [-0.1, -0.05) is 49.2 Å². The van der Waals surface area contributed by atoms with Crippen molar-refractivity contribution < 1.29 is 14.3 Å². The van der Waals surface area contributed by atoms with Crippen LogP contribution < -0.4 is 10.6 Å². The van der Waals surface area contributed by atoms with E-state index >= 15 is 0 Å². The maximum atomic E-state index is 13.7. The van der Waals surface area contributed by atoms with Crippen LogP contribution >= 0.6 is 0 Å². The first-order chi connectivity index (χ1) is 22.4. The van der Waals surface area contributed by atoms with E-state index in [1.807, 2.05) is 52.9 Å². The predicted octanol–water partition coefficient (Wildman–Crippen LogP) is 5.07. The number of benzene rings is 2. The fourth-order valence-corrected chi connectivity index (χ4v) is 6.26. The Balaban J connectivity index is 1.07. The number of aryl methyl sites for hydroxylation is 1. The summed E-state index contributed by atoms with van der Waals surface area (Å²) in [4.78, 5) is 41.6. The second kappa shape index (κ2) is 14.7. The van der Waals surface area contributed by atoms with Crippen molar-refractivity contribution in [3.05, 3.63) is 66.6 Å². The third kappa shape index (κ3) is 7.80. The zero-order valence-corrected chi connectivity index (χ0v) is 26.7. The number of amides is 3. The quantitative estimate of drug-likeness (QED) is 0.251. The number of aromatic nitrogens is 4. The molecule has 0 unspecified atom stereocenters. The molecule has 3 heterocycles. The Morgan fingerprint density at radius 3 is 2.59 bits per heavy atom. The van der Waals surface area contributed by atoms with Gasteiger partial charge in [-0.15, -0.1) is 0 Å². The number of fused-ring (bicyclic) bond motifs is 1. The van der Waals surface area contributed by atoms with Gasteiger partial charge in [-0.3, -0.25) is 10.2 Å². The number of nitrogens with zero attached hydrogens (tertiary/aromatic N) is 7. The van der Waals surface area contributed by atoms with Gasteiger partial charge in [-0.05, 0) is 50.4 Å². The number of pyridine rings is 1. The molecule has 1 aliphatic heterocycles. The third-order valence-electron chi connectivity index (χ3n) is 8.95. The molecule has 0 spiro atoms. The smallest absolute Gasteiger partial charge is 0.412 e. The molecule has 2 aromatic carbocycles. The molecule has 0 atom stereocenters. The van der Waals surface area contributed by atoms with Crippen molar-refractivity contribution in [1.29, 1.82) is 0 Å². The molecule has 0 radical (unpaired) electrons. The van der Waals surface area contributed by atoms with E-state index in [0.29, 0.717) is 37.9 Å². The summed E-state index contributed by atoms with van der Waals surface area (Å²) in [5, 5.41) is 12.8. The third-order valence-corrected chi connectivity index (χ3v) is 8.95. The Labute approximate surface area is 269 Å². The van der Waals surface area contributed by atoms with Crippen molar-refractivity contribution in [1.82, 2.24) is 34.4 Å². The van der Waals surface area contributed by atoms with Gasteiger partial charge in [0, 0.05) is 62.5 Å². The largest absolute Gasteiger partial charge is 0.448 e. The number of nitrogens with one attached hydrogen (secondary N) is 2. The summed E-state index contributed by atoms with van der Waals surface area (Å²) in [6.45, 7) is 7.93. The zero-order chi connectivity index (χ0) is 31.9. The highest BCUT2D eigenvalue weighted by atomic mass is 16.5. The van der Waals surface area contributed by atoms with Crippen LogP contribution in [0.1, 0.15) is 31.5 Å². The average molecular weight is 626 g/mol. The molecule has 3 amide bonds. The van der Waals surface area contributed by atoms with E-state index in [-0.39, 0.29) is 12.1 Å². The second-order valence-electron chi connectivity index (χ2n) is 12.1. The molecular formula is C34H43N9O3. The molecule has 12 nitrogen and oxygen atoms in total. The lowest BCUT2D eigenvalue weighted by molar-refractivity contribution is 0.111. The molecule has 2 aromatic heterocycles. The van der Waals surface area contributed by atoms with E-state index in [0.717, 1.165) is 79.7 Å². The Morgan fingerprint density at radius 1 is 0.978 bits per heavy atom. The van der Waals surface area contributed by atoms with Crippen molar-refractivity contribution in [2.24, 2.45) is 0 Å². The molecule has 6 rings (SSSR count). The Kier molecular flexibility index (Phi) is 10.0. The number of urea groups is 1. The summed E-state index contributed by atoms with van der Waals surface area (Å²) in [5.74, 6) is 1.64. The van der Waals surface area contributed by atoms with Crippen molar-refractivity contribution in [2.75, 3.05) is 63.6 Å². The van der Waals surface area contributed by atoms with Gasteiger partial charge in [-0.25, -0.2) is 24.2 Å². The van der Waals surface area contributed by atoms with Gasteiger partial charge in [0.05, 0.1) is 12.2 Å². The van der Waals surface area contributed by atoms with Crippen LogP contribution in [0.25, 0.3) is 22.2 Å². The molecule has 46 heavy (non-hydrogen) atoms. The minimum atomic E-state index is -0.540. The summed E-state index contributed by atoms with van der Waals surface area (Å²) >= 11 is 0. The van der Waals surface area contributed by atoms with Crippen molar-refractivity contribution in [2.45, 2.75) is 45.2 Å². The number of anilines is 2. The summed E-state index contributed by atoms with van der Waals surface area (Å²) in [7, 11) is 2.11. The summed E-state index contributed by atoms with van der Waals surface area (Å²) in [5.41, 5.74) is 1.54. The maximum absolute atomic E-state index is 13.7.